The quantitative estimate of drug-likeness (QED) is 0.478. The smallest absolute Gasteiger partial charge is 0.271 e. The molecule has 2 heterocycles. The Morgan fingerprint density at radius 2 is 2.18 bits per heavy atom. The van der Waals surface area contributed by atoms with Crippen molar-refractivity contribution < 1.29 is 23.7 Å². The van der Waals surface area contributed by atoms with E-state index in [9.17, 15) is 0 Å². The molecule has 1 aromatic rings. The van der Waals surface area contributed by atoms with Crippen LogP contribution in [-0.4, -0.2) is 52.4 Å². The van der Waals surface area contributed by atoms with Crippen LogP contribution in [0.5, 0.6) is 0 Å². The standard InChI is InChI=1S/C15H24O5S2/c1-4-19-15(17-3)20-13-9-11(10-18-7-6-16-2)22-14-12(13)5-8-21-14/h5,8,11,13,15H,4,6-7,9-10H2,1-3H3. The molecule has 1 aliphatic heterocycles. The zero-order chi connectivity index (χ0) is 15.8. The largest absolute Gasteiger partial charge is 0.382 e. The molecule has 5 nitrogen and oxygen atoms in total. The van der Waals surface area contributed by atoms with Gasteiger partial charge < -0.3 is 23.7 Å². The molecule has 22 heavy (non-hydrogen) atoms. The summed E-state index contributed by atoms with van der Waals surface area (Å²) in [6, 6.07) is 2.12. The normalized spacial score (nSPS) is 22.5. The Morgan fingerprint density at radius 3 is 2.91 bits per heavy atom. The third-order valence-electron chi connectivity index (χ3n) is 3.26. The summed E-state index contributed by atoms with van der Waals surface area (Å²) >= 11 is 3.61. The third kappa shape index (κ3) is 5.19. The summed E-state index contributed by atoms with van der Waals surface area (Å²) in [4.78, 5) is 0. The van der Waals surface area contributed by atoms with Crippen LogP contribution in [0.15, 0.2) is 15.7 Å². The number of fused-ring (bicyclic) bond motifs is 1. The molecule has 0 fully saturated rings. The molecule has 3 atom stereocenters. The van der Waals surface area contributed by atoms with Crippen molar-refractivity contribution in [3.05, 3.63) is 17.0 Å². The zero-order valence-electron chi connectivity index (χ0n) is 13.3. The predicted octanol–water partition coefficient (Wildman–Crippen LogP) is 3.30. The van der Waals surface area contributed by atoms with Crippen molar-refractivity contribution in [2.75, 3.05) is 40.6 Å². The number of methoxy groups -OCH3 is 2. The van der Waals surface area contributed by atoms with Crippen molar-refractivity contribution >= 4 is 23.1 Å². The molecule has 2 rings (SSSR count). The van der Waals surface area contributed by atoms with Crippen molar-refractivity contribution in [3.8, 4) is 0 Å². The van der Waals surface area contributed by atoms with Crippen molar-refractivity contribution in [2.24, 2.45) is 0 Å². The lowest BCUT2D eigenvalue weighted by atomic mass is 10.1. The second-order valence-electron chi connectivity index (χ2n) is 4.81. The van der Waals surface area contributed by atoms with Gasteiger partial charge in [-0.2, -0.15) is 0 Å². The molecule has 3 unspecified atom stereocenters. The van der Waals surface area contributed by atoms with E-state index in [-0.39, 0.29) is 6.10 Å². The summed E-state index contributed by atoms with van der Waals surface area (Å²) in [6.07, 6.45) is 0.865. The fourth-order valence-corrected chi connectivity index (χ4v) is 4.77. The Bertz CT molecular complexity index is 426. The predicted molar refractivity (Wildman–Crippen MR) is 87.5 cm³/mol. The van der Waals surface area contributed by atoms with Gasteiger partial charge >= 0.3 is 0 Å². The van der Waals surface area contributed by atoms with E-state index in [4.69, 9.17) is 23.7 Å². The average molecular weight is 348 g/mol. The van der Waals surface area contributed by atoms with Gasteiger partial charge in [0.15, 0.2) is 0 Å². The van der Waals surface area contributed by atoms with E-state index < -0.39 is 6.48 Å². The van der Waals surface area contributed by atoms with E-state index in [1.807, 2.05) is 18.7 Å². The highest BCUT2D eigenvalue weighted by Crippen LogP contribution is 2.45. The maximum Gasteiger partial charge on any atom is 0.271 e. The minimum absolute atomic E-state index is 0.0185. The van der Waals surface area contributed by atoms with Gasteiger partial charge in [-0.25, -0.2) is 0 Å². The lowest BCUT2D eigenvalue weighted by Crippen LogP contribution is -2.27. The van der Waals surface area contributed by atoms with Gasteiger partial charge in [0, 0.05) is 31.6 Å². The van der Waals surface area contributed by atoms with Crippen LogP contribution < -0.4 is 0 Å². The Labute approximate surface area is 140 Å². The molecular weight excluding hydrogens is 324 g/mol. The van der Waals surface area contributed by atoms with Crippen molar-refractivity contribution in [1.29, 1.82) is 0 Å². The molecule has 1 aliphatic rings. The molecule has 0 N–H and O–H groups in total. The van der Waals surface area contributed by atoms with Gasteiger partial charge in [0.2, 0.25) is 0 Å². The van der Waals surface area contributed by atoms with Gasteiger partial charge in [-0.1, -0.05) is 0 Å². The highest BCUT2D eigenvalue weighted by Gasteiger charge is 2.31. The van der Waals surface area contributed by atoms with Gasteiger partial charge in [-0.3, -0.25) is 0 Å². The van der Waals surface area contributed by atoms with E-state index in [0.29, 0.717) is 31.7 Å². The second-order valence-corrected chi connectivity index (χ2v) is 7.30. The van der Waals surface area contributed by atoms with Crippen LogP contribution in [0.4, 0.5) is 0 Å². The van der Waals surface area contributed by atoms with E-state index >= 15 is 0 Å². The second kappa shape index (κ2) is 9.87. The topological polar surface area (TPSA) is 46.2 Å². The summed E-state index contributed by atoms with van der Waals surface area (Å²) in [5, 5.41) is 2.47. The van der Waals surface area contributed by atoms with Crippen LogP contribution >= 0.6 is 23.1 Å². The minimum atomic E-state index is -0.624. The first-order valence-corrected chi connectivity index (χ1v) is 9.15. The molecular formula is C15H24O5S2. The molecule has 0 saturated heterocycles. The molecule has 0 radical (unpaired) electrons. The fraction of sp³-hybridized carbons (Fsp3) is 0.733. The Hall–Kier alpha value is -0.150. The molecule has 1 aromatic heterocycles. The van der Waals surface area contributed by atoms with Crippen LogP contribution in [0, 0.1) is 0 Å². The van der Waals surface area contributed by atoms with Gasteiger partial charge in [0.05, 0.1) is 30.1 Å². The third-order valence-corrected chi connectivity index (χ3v) is 5.67. The summed E-state index contributed by atoms with van der Waals surface area (Å²) in [7, 11) is 3.27. The van der Waals surface area contributed by atoms with Gasteiger partial charge in [-0.15, -0.1) is 23.1 Å². The molecule has 126 valence electrons. The summed E-state index contributed by atoms with van der Waals surface area (Å²) in [5.41, 5.74) is 1.23. The molecule has 0 spiro atoms. The Balaban J connectivity index is 1.93. The van der Waals surface area contributed by atoms with Crippen molar-refractivity contribution in [1.82, 2.24) is 0 Å². The summed E-state index contributed by atoms with van der Waals surface area (Å²) in [5.74, 6) is 0. The number of hydrogen-bond donors (Lipinski definition) is 0. The summed E-state index contributed by atoms with van der Waals surface area (Å²) in [6.45, 7) is 3.79. The maximum atomic E-state index is 5.99. The first-order chi connectivity index (χ1) is 10.8. The monoisotopic (exact) mass is 348 g/mol. The van der Waals surface area contributed by atoms with E-state index in [1.54, 1.807) is 25.6 Å². The fourth-order valence-electron chi connectivity index (χ4n) is 2.23. The van der Waals surface area contributed by atoms with Crippen LogP contribution in [0.25, 0.3) is 0 Å². The Kier molecular flexibility index (Phi) is 8.16. The van der Waals surface area contributed by atoms with Crippen LogP contribution in [0.2, 0.25) is 0 Å². The lowest BCUT2D eigenvalue weighted by Gasteiger charge is -2.31. The van der Waals surface area contributed by atoms with E-state index in [1.165, 1.54) is 9.77 Å². The minimum Gasteiger partial charge on any atom is -0.382 e. The van der Waals surface area contributed by atoms with Crippen molar-refractivity contribution in [2.45, 2.75) is 35.4 Å². The van der Waals surface area contributed by atoms with Gasteiger partial charge in [0.1, 0.15) is 0 Å². The lowest BCUT2D eigenvalue weighted by molar-refractivity contribution is -0.295. The summed E-state index contributed by atoms with van der Waals surface area (Å²) < 4.78 is 28.6. The first-order valence-electron chi connectivity index (χ1n) is 7.39. The van der Waals surface area contributed by atoms with Crippen LogP contribution in [-0.2, 0) is 23.7 Å². The molecule has 0 bridgehead atoms. The van der Waals surface area contributed by atoms with Gasteiger partial charge in [0.25, 0.3) is 6.48 Å². The van der Waals surface area contributed by atoms with Crippen LogP contribution in [0.1, 0.15) is 25.0 Å². The van der Waals surface area contributed by atoms with E-state index in [0.717, 1.165) is 6.42 Å². The number of thioether (sulfide) groups is 1. The highest BCUT2D eigenvalue weighted by molar-refractivity contribution is 8.01. The van der Waals surface area contributed by atoms with E-state index in [2.05, 4.69) is 11.4 Å². The molecule has 0 aromatic carbocycles. The molecule has 0 aliphatic carbocycles. The number of rotatable bonds is 10. The van der Waals surface area contributed by atoms with Crippen LogP contribution in [0.3, 0.4) is 0 Å². The maximum absolute atomic E-state index is 5.99. The van der Waals surface area contributed by atoms with Crippen molar-refractivity contribution in [3.63, 3.8) is 0 Å². The highest BCUT2D eigenvalue weighted by atomic mass is 32.2. The van der Waals surface area contributed by atoms with Gasteiger partial charge in [-0.05, 0) is 24.8 Å². The number of ether oxygens (including phenoxy) is 5. The molecule has 7 heteroatoms. The first kappa shape index (κ1) is 18.2. The zero-order valence-corrected chi connectivity index (χ0v) is 14.9. The number of thiophene rings is 1. The number of hydrogen-bond acceptors (Lipinski definition) is 7. The molecule has 0 saturated carbocycles. The molecule has 0 amide bonds. The SMILES string of the molecule is CCOC(OC)OC1CC(COCCOC)Sc2sccc21. The average Bonchev–Trinajstić information content (AvgIpc) is 2.99. The Morgan fingerprint density at radius 1 is 1.32 bits per heavy atom.